The van der Waals surface area contributed by atoms with Crippen molar-refractivity contribution >= 4 is 29.9 Å². The Hall–Kier alpha value is -1.88. The second-order valence-electron chi connectivity index (χ2n) is 5.02. The number of guanidine groups is 1. The second kappa shape index (κ2) is 11.6. The van der Waals surface area contributed by atoms with Gasteiger partial charge in [0.25, 0.3) is 0 Å². The number of rotatable bonds is 8. The summed E-state index contributed by atoms with van der Waals surface area (Å²) in [5, 5.41) is 10.4. The highest BCUT2D eigenvalue weighted by molar-refractivity contribution is 14.0. The molecule has 0 saturated carbocycles. The highest BCUT2D eigenvalue weighted by atomic mass is 127. The Morgan fingerprint density at radius 2 is 2.08 bits per heavy atom. The lowest BCUT2D eigenvalue weighted by molar-refractivity contribution is 0.123. The van der Waals surface area contributed by atoms with Gasteiger partial charge in [0.2, 0.25) is 0 Å². The molecule has 25 heavy (non-hydrogen) atoms. The van der Waals surface area contributed by atoms with Gasteiger partial charge in [-0.25, -0.2) is 4.98 Å². The molecule has 138 valence electrons. The van der Waals surface area contributed by atoms with Crippen molar-refractivity contribution in [3.05, 3.63) is 42.0 Å². The SMILES string of the molecule is CN=C(NCCOCc1ccccc1OC)NCc1ncnn1C.I. The fraction of sp³-hybridized carbons (Fsp3) is 0.438. The van der Waals surface area contributed by atoms with Crippen LogP contribution in [-0.2, 0) is 24.9 Å². The van der Waals surface area contributed by atoms with Gasteiger partial charge in [0, 0.05) is 26.2 Å². The van der Waals surface area contributed by atoms with Gasteiger partial charge in [-0.1, -0.05) is 18.2 Å². The number of benzene rings is 1. The first-order valence-corrected chi connectivity index (χ1v) is 7.71. The summed E-state index contributed by atoms with van der Waals surface area (Å²) in [5.41, 5.74) is 1.03. The van der Waals surface area contributed by atoms with Crippen molar-refractivity contribution in [2.75, 3.05) is 27.3 Å². The molecule has 0 saturated heterocycles. The van der Waals surface area contributed by atoms with Crippen molar-refractivity contribution < 1.29 is 9.47 Å². The highest BCUT2D eigenvalue weighted by Crippen LogP contribution is 2.17. The van der Waals surface area contributed by atoms with E-state index in [4.69, 9.17) is 9.47 Å². The number of aryl methyl sites for hydroxylation is 1. The first kappa shape index (κ1) is 21.2. The van der Waals surface area contributed by atoms with E-state index in [1.54, 1.807) is 18.8 Å². The van der Waals surface area contributed by atoms with Crippen molar-refractivity contribution in [1.82, 2.24) is 25.4 Å². The summed E-state index contributed by atoms with van der Waals surface area (Å²) in [5.74, 6) is 2.37. The lowest BCUT2D eigenvalue weighted by Gasteiger charge is -2.12. The zero-order chi connectivity index (χ0) is 17.2. The Bertz CT molecular complexity index is 662. The molecule has 8 nitrogen and oxygen atoms in total. The molecule has 0 fully saturated rings. The molecule has 0 aliphatic carbocycles. The number of hydrogen-bond acceptors (Lipinski definition) is 5. The summed E-state index contributed by atoms with van der Waals surface area (Å²) in [6, 6.07) is 7.83. The van der Waals surface area contributed by atoms with Crippen LogP contribution >= 0.6 is 24.0 Å². The number of para-hydroxylation sites is 1. The Labute approximate surface area is 165 Å². The van der Waals surface area contributed by atoms with E-state index in [0.717, 1.165) is 17.1 Å². The standard InChI is InChI=1S/C16H24N6O2.HI/c1-17-16(19-10-15-20-12-21-22(15)2)18-8-9-24-11-13-6-4-5-7-14(13)23-3;/h4-7,12H,8-11H2,1-3H3,(H2,17,18,19);1H. The molecule has 0 unspecified atom stereocenters. The van der Waals surface area contributed by atoms with Gasteiger partial charge in [-0.2, -0.15) is 5.10 Å². The Kier molecular flexibility index (Phi) is 9.85. The molecule has 0 amide bonds. The molecule has 0 spiro atoms. The Morgan fingerprint density at radius 3 is 2.76 bits per heavy atom. The third-order valence-electron chi connectivity index (χ3n) is 3.43. The van der Waals surface area contributed by atoms with Crippen LogP contribution in [-0.4, -0.2) is 48.0 Å². The van der Waals surface area contributed by atoms with Crippen LogP contribution in [0, 0.1) is 0 Å². The van der Waals surface area contributed by atoms with Crippen LogP contribution in [0.4, 0.5) is 0 Å². The van der Waals surface area contributed by atoms with Gasteiger partial charge in [0.05, 0.1) is 26.9 Å². The first-order valence-electron chi connectivity index (χ1n) is 7.71. The van der Waals surface area contributed by atoms with Crippen LogP contribution in [0.1, 0.15) is 11.4 Å². The maximum absolute atomic E-state index is 5.67. The normalized spacial score (nSPS) is 10.9. The summed E-state index contributed by atoms with van der Waals surface area (Å²) in [6.07, 6.45) is 1.53. The summed E-state index contributed by atoms with van der Waals surface area (Å²) < 4.78 is 12.7. The van der Waals surface area contributed by atoms with Crippen LogP contribution in [0.3, 0.4) is 0 Å². The quantitative estimate of drug-likeness (QED) is 0.268. The molecular formula is C16H25IN6O2. The monoisotopic (exact) mass is 460 g/mol. The van der Waals surface area contributed by atoms with Gasteiger partial charge < -0.3 is 20.1 Å². The summed E-state index contributed by atoms with van der Waals surface area (Å²) >= 11 is 0. The zero-order valence-corrected chi connectivity index (χ0v) is 17.1. The number of aromatic nitrogens is 3. The van der Waals surface area contributed by atoms with Crippen molar-refractivity contribution in [2.45, 2.75) is 13.2 Å². The predicted molar refractivity (Wildman–Crippen MR) is 107 cm³/mol. The Morgan fingerprint density at radius 1 is 1.28 bits per heavy atom. The van der Waals surface area contributed by atoms with E-state index in [1.165, 1.54) is 6.33 Å². The fourth-order valence-corrected chi connectivity index (χ4v) is 2.11. The molecular weight excluding hydrogens is 435 g/mol. The third kappa shape index (κ3) is 6.86. The molecule has 0 radical (unpaired) electrons. The minimum atomic E-state index is 0. The van der Waals surface area contributed by atoms with Crippen molar-refractivity contribution in [1.29, 1.82) is 0 Å². The average molecular weight is 460 g/mol. The van der Waals surface area contributed by atoms with Crippen molar-refractivity contribution in [3.8, 4) is 5.75 Å². The molecule has 9 heteroatoms. The maximum Gasteiger partial charge on any atom is 0.191 e. The number of aliphatic imine (C=N–C) groups is 1. The van der Waals surface area contributed by atoms with Crippen LogP contribution in [0.5, 0.6) is 5.75 Å². The van der Waals surface area contributed by atoms with Gasteiger partial charge in [0.1, 0.15) is 17.9 Å². The summed E-state index contributed by atoms with van der Waals surface area (Å²) in [6.45, 7) is 2.27. The largest absolute Gasteiger partial charge is 0.496 e. The van der Waals surface area contributed by atoms with Gasteiger partial charge in [-0.05, 0) is 6.07 Å². The molecule has 0 aliphatic rings. The first-order chi connectivity index (χ1) is 11.7. The summed E-state index contributed by atoms with van der Waals surface area (Å²) in [7, 11) is 5.24. The van der Waals surface area contributed by atoms with Crippen LogP contribution in [0.2, 0.25) is 0 Å². The van der Waals surface area contributed by atoms with Crippen LogP contribution < -0.4 is 15.4 Å². The number of ether oxygens (including phenoxy) is 2. The molecule has 1 aromatic carbocycles. The number of halogens is 1. The number of hydrogen-bond donors (Lipinski definition) is 2. The molecule has 0 bridgehead atoms. The van der Waals surface area contributed by atoms with E-state index in [0.29, 0.717) is 32.3 Å². The van der Waals surface area contributed by atoms with E-state index in [1.807, 2.05) is 31.3 Å². The topological polar surface area (TPSA) is 85.6 Å². The third-order valence-corrected chi connectivity index (χ3v) is 3.43. The average Bonchev–Trinajstić information content (AvgIpc) is 3.02. The van der Waals surface area contributed by atoms with Crippen LogP contribution in [0.25, 0.3) is 0 Å². The molecule has 2 rings (SSSR count). The number of nitrogens with zero attached hydrogens (tertiary/aromatic N) is 4. The zero-order valence-electron chi connectivity index (χ0n) is 14.7. The summed E-state index contributed by atoms with van der Waals surface area (Å²) in [4.78, 5) is 8.31. The lowest BCUT2D eigenvalue weighted by atomic mass is 10.2. The molecule has 1 aromatic heterocycles. The molecule has 0 aliphatic heterocycles. The minimum Gasteiger partial charge on any atom is -0.496 e. The molecule has 2 aromatic rings. The minimum absolute atomic E-state index is 0. The second-order valence-corrected chi connectivity index (χ2v) is 5.02. The predicted octanol–water partition coefficient (Wildman–Crippen LogP) is 1.32. The van der Waals surface area contributed by atoms with Gasteiger partial charge in [-0.3, -0.25) is 9.67 Å². The maximum atomic E-state index is 5.67. The van der Waals surface area contributed by atoms with E-state index < -0.39 is 0 Å². The lowest BCUT2D eigenvalue weighted by Crippen LogP contribution is -2.39. The van der Waals surface area contributed by atoms with E-state index in [-0.39, 0.29) is 24.0 Å². The van der Waals surface area contributed by atoms with Gasteiger partial charge >= 0.3 is 0 Å². The molecule has 0 atom stereocenters. The number of methoxy groups -OCH3 is 1. The van der Waals surface area contributed by atoms with Gasteiger partial charge in [0.15, 0.2) is 5.96 Å². The molecule has 1 heterocycles. The van der Waals surface area contributed by atoms with E-state index >= 15 is 0 Å². The van der Waals surface area contributed by atoms with E-state index in [9.17, 15) is 0 Å². The smallest absolute Gasteiger partial charge is 0.191 e. The van der Waals surface area contributed by atoms with Crippen LogP contribution in [0.15, 0.2) is 35.6 Å². The van der Waals surface area contributed by atoms with E-state index in [2.05, 4.69) is 25.7 Å². The fourth-order valence-electron chi connectivity index (χ4n) is 2.11. The van der Waals surface area contributed by atoms with Crippen molar-refractivity contribution in [2.24, 2.45) is 12.0 Å². The molecule has 2 N–H and O–H groups in total. The van der Waals surface area contributed by atoms with Crippen molar-refractivity contribution in [3.63, 3.8) is 0 Å². The number of nitrogens with one attached hydrogen (secondary N) is 2. The Balaban J connectivity index is 0.00000312. The van der Waals surface area contributed by atoms with Gasteiger partial charge in [-0.15, -0.1) is 24.0 Å². The highest BCUT2D eigenvalue weighted by Gasteiger charge is 2.03.